The van der Waals surface area contributed by atoms with Crippen molar-refractivity contribution >= 4 is 44.8 Å². The van der Waals surface area contributed by atoms with Crippen molar-refractivity contribution < 1.29 is 18.0 Å². The first-order valence-corrected chi connectivity index (χ1v) is 10.4. The lowest BCUT2D eigenvalue weighted by Gasteiger charge is -2.29. The second-order valence-electron chi connectivity index (χ2n) is 7.46. The summed E-state index contributed by atoms with van der Waals surface area (Å²) in [5.74, 6) is -0.825. The van der Waals surface area contributed by atoms with Crippen molar-refractivity contribution in [2.45, 2.75) is 31.2 Å². The number of nitrogens with one attached hydrogen (secondary N) is 2. The van der Waals surface area contributed by atoms with Crippen molar-refractivity contribution in [1.29, 1.82) is 0 Å². The van der Waals surface area contributed by atoms with Crippen LogP contribution in [0.3, 0.4) is 0 Å². The van der Waals surface area contributed by atoms with E-state index in [1.165, 1.54) is 23.1 Å². The number of carbonyl (C=O) groups is 2. The van der Waals surface area contributed by atoms with Gasteiger partial charge in [-0.15, -0.1) is 0 Å². The monoisotopic (exact) mass is 421 g/mol. The van der Waals surface area contributed by atoms with E-state index in [2.05, 4.69) is 10.0 Å². The highest BCUT2D eigenvalue weighted by Crippen LogP contribution is 2.31. The second-order valence-corrected chi connectivity index (χ2v) is 9.52. The van der Waals surface area contributed by atoms with E-state index in [4.69, 9.17) is 11.6 Å². The van der Waals surface area contributed by atoms with Gasteiger partial charge in [0.25, 0.3) is 5.91 Å². The van der Waals surface area contributed by atoms with Gasteiger partial charge in [-0.2, -0.15) is 0 Å². The predicted molar refractivity (Wildman–Crippen MR) is 108 cm³/mol. The number of amides is 2. The summed E-state index contributed by atoms with van der Waals surface area (Å²) in [6.45, 7) is 4.95. The number of carbonyl (C=O) groups excluding carboxylic acids is 2. The molecule has 0 fully saturated rings. The molecule has 0 aromatic heterocycles. The summed E-state index contributed by atoms with van der Waals surface area (Å²) < 4.78 is 27.9. The molecule has 0 bridgehead atoms. The molecule has 0 unspecified atom stereocenters. The molecule has 2 aromatic rings. The predicted octanol–water partition coefficient (Wildman–Crippen LogP) is 3.02. The smallest absolute Gasteiger partial charge is 0.258 e. The Morgan fingerprint density at radius 3 is 2.54 bits per heavy atom. The SMILES string of the molecule is CC(C)(C)NS(=O)(=O)c1cc(C(=O)N2CC(=O)Nc3ccccc32)ccc1Cl. The maximum atomic E-state index is 13.1. The fourth-order valence-corrected chi connectivity index (χ4v) is 4.82. The molecule has 148 valence electrons. The van der Waals surface area contributed by atoms with Gasteiger partial charge in [0.05, 0.1) is 16.4 Å². The maximum Gasteiger partial charge on any atom is 0.258 e. The van der Waals surface area contributed by atoms with Crippen molar-refractivity contribution in [2.24, 2.45) is 0 Å². The molecular formula is C19H20ClN3O4S. The topological polar surface area (TPSA) is 95.6 Å². The Morgan fingerprint density at radius 2 is 1.86 bits per heavy atom. The van der Waals surface area contributed by atoms with Gasteiger partial charge in [0.2, 0.25) is 15.9 Å². The summed E-state index contributed by atoms with van der Waals surface area (Å²) in [7, 11) is -3.94. The number of hydrogen-bond donors (Lipinski definition) is 2. The average molecular weight is 422 g/mol. The number of fused-ring (bicyclic) bond motifs is 1. The molecular weight excluding hydrogens is 402 g/mol. The molecule has 28 heavy (non-hydrogen) atoms. The van der Waals surface area contributed by atoms with E-state index in [1.807, 2.05) is 0 Å². The van der Waals surface area contributed by atoms with Gasteiger partial charge >= 0.3 is 0 Å². The van der Waals surface area contributed by atoms with Crippen molar-refractivity contribution in [3.8, 4) is 0 Å². The van der Waals surface area contributed by atoms with Crippen LogP contribution in [0, 0.1) is 0 Å². The normalized spacial score (nSPS) is 14.4. The minimum absolute atomic E-state index is 0.00471. The molecule has 1 aliphatic rings. The molecule has 0 atom stereocenters. The highest BCUT2D eigenvalue weighted by atomic mass is 35.5. The Morgan fingerprint density at radius 1 is 1.18 bits per heavy atom. The third-order valence-electron chi connectivity index (χ3n) is 3.92. The third kappa shape index (κ3) is 4.19. The highest BCUT2D eigenvalue weighted by Gasteiger charge is 2.30. The zero-order chi connectivity index (χ0) is 20.7. The lowest BCUT2D eigenvalue weighted by molar-refractivity contribution is -0.115. The van der Waals surface area contributed by atoms with Crippen molar-refractivity contribution in [1.82, 2.24) is 4.72 Å². The van der Waals surface area contributed by atoms with Crippen LogP contribution in [0.25, 0.3) is 0 Å². The Kier molecular flexibility index (Phi) is 5.22. The molecule has 2 N–H and O–H groups in total. The molecule has 0 aliphatic carbocycles. The zero-order valence-electron chi connectivity index (χ0n) is 15.6. The number of nitrogens with zero attached hydrogens (tertiary/aromatic N) is 1. The van der Waals surface area contributed by atoms with E-state index >= 15 is 0 Å². The Labute approximate surface area is 168 Å². The number of halogens is 1. The summed E-state index contributed by atoms with van der Waals surface area (Å²) >= 11 is 6.10. The molecule has 1 aliphatic heterocycles. The van der Waals surface area contributed by atoms with E-state index in [0.29, 0.717) is 11.4 Å². The molecule has 2 amide bonds. The molecule has 0 saturated heterocycles. The highest BCUT2D eigenvalue weighted by molar-refractivity contribution is 7.89. The molecule has 1 heterocycles. The van der Waals surface area contributed by atoms with Crippen LogP contribution >= 0.6 is 11.6 Å². The summed E-state index contributed by atoms with van der Waals surface area (Å²) in [6, 6.07) is 10.9. The van der Waals surface area contributed by atoms with Gasteiger partial charge in [0.15, 0.2) is 0 Å². The minimum atomic E-state index is -3.94. The van der Waals surface area contributed by atoms with Crippen LogP contribution in [-0.4, -0.2) is 32.3 Å². The first kappa shape index (κ1) is 20.3. The number of sulfonamides is 1. The van der Waals surface area contributed by atoms with Gasteiger partial charge in [0.1, 0.15) is 11.4 Å². The molecule has 0 saturated carbocycles. The van der Waals surface area contributed by atoms with E-state index in [1.54, 1.807) is 45.0 Å². The first-order valence-electron chi connectivity index (χ1n) is 8.52. The van der Waals surface area contributed by atoms with Gasteiger partial charge in [0, 0.05) is 11.1 Å². The quantitative estimate of drug-likeness (QED) is 0.796. The van der Waals surface area contributed by atoms with Crippen LogP contribution in [0.4, 0.5) is 11.4 Å². The largest absolute Gasteiger partial charge is 0.323 e. The molecule has 0 spiro atoms. The van der Waals surface area contributed by atoms with Gasteiger partial charge in [-0.3, -0.25) is 14.5 Å². The standard InChI is InChI=1S/C19H20ClN3O4S/c1-19(2,3)22-28(26,27)16-10-12(8-9-13(16)20)18(25)23-11-17(24)21-14-6-4-5-7-15(14)23/h4-10,22H,11H2,1-3H3,(H,21,24). The summed E-state index contributed by atoms with van der Waals surface area (Å²) in [5.41, 5.74) is 0.456. The van der Waals surface area contributed by atoms with E-state index in [0.717, 1.165) is 0 Å². The van der Waals surface area contributed by atoms with E-state index in [-0.39, 0.29) is 27.9 Å². The van der Waals surface area contributed by atoms with Gasteiger partial charge in [-0.1, -0.05) is 23.7 Å². The molecule has 3 rings (SSSR count). The Bertz CT molecular complexity index is 1060. The first-order chi connectivity index (χ1) is 13.0. The number of anilines is 2. The van der Waals surface area contributed by atoms with Crippen molar-refractivity contribution in [3.63, 3.8) is 0 Å². The van der Waals surface area contributed by atoms with Crippen LogP contribution in [0.2, 0.25) is 5.02 Å². The minimum Gasteiger partial charge on any atom is -0.323 e. The average Bonchev–Trinajstić information content (AvgIpc) is 2.58. The lowest BCUT2D eigenvalue weighted by Crippen LogP contribution is -2.42. The van der Waals surface area contributed by atoms with Crippen LogP contribution in [0.5, 0.6) is 0 Å². The fourth-order valence-electron chi connectivity index (χ4n) is 2.87. The lowest BCUT2D eigenvalue weighted by atomic mass is 10.1. The van der Waals surface area contributed by atoms with Crippen LogP contribution in [-0.2, 0) is 14.8 Å². The number of rotatable bonds is 3. The summed E-state index contributed by atoms with van der Waals surface area (Å²) in [6.07, 6.45) is 0. The summed E-state index contributed by atoms with van der Waals surface area (Å²) in [5, 5.41) is 2.71. The number of benzene rings is 2. The molecule has 2 aromatic carbocycles. The fraction of sp³-hybridized carbons (Fsp3) is 0.263. The van der Waals surface area contributed by atoms with Crippen LogP contribution < -0.4 is 14.9 Å². The molecule has 7 nitrogen and oxygen atoms in total. The second kappa shape index (κ2) is 7.20. The van der Waals surface area contributed by atoms with E-state index in [9.17, 15) is 18.0 Å². The number of hydrogen-bond acceptors (Lipinski definition) is 4. The van der Waals surface area contributed by atoms with Gasteiger partial charge in [-0.05, 0) is 51.1 Å². The molecule has 0 radical (unpaired) electrons. The maximum absolute atomic E-state index is 13.1. The molecule has 9 heteroatoms. The van der Waals surface area contributed by atoms with Crippen LogP contribution in [0.15, 0.2) is 47.4 Å². The van der Waals surface area contributed by atoms with Gasteiger partial charge < -0.3 is 5.32 Å². The van der Waals surface area contributed by atoms with Crippen molar-refractivity contribution in [2.75, 3.05) is 16.8 Å². The zero-order valence-corrected chi connectivity index (χ0v) is 17.2. The van der Waals surface area contributed by atoms with E-state index < -0.39 is 21.5 Å². The summed E-state index contributed by atoms with van der Waals surface area (Å²) in [4.78, 5) is 26.2. The van der Waals surface area contributed by atoms with Crippen LogP contribution in [0.1, 0.15) is 31.1 Å². The Balaban J connectivity index is 2.02. The third-order valence-corrected chi connectivity index (χ3v) is 6.16. The van der Waals surface area contributed by atoms with Gasteiger partial charge in [-0.25, -0.2) is 13.1 Å². The number of para-hydroxylation sites is 2. The van der Waals surface area contributed by atoms with Crippen molar-refractivity contribution in [3.05, 3.63) is 53.1 Å². The Hall–Kier alpha value is -2.42.